The van der Waals surface area contributed by atoms with Crippen molar-refractivity contribution in [2.75, 3.05) is 13.2 Å². The van der Waals surface area contributed by atoms with E-state index in [4.69, 9.17) is 9.47 Å². The molecular weight excluding hydrogens is 264 g/mol. The zero-order chi connectivity index (χ0) is 13.2. The number of thiophene rings is 1. The van der Waals surface area contributed by atoms with Crippen LogP contribution in [0, 0.1) is 0 Å². The number of aromatic carboxylic acids is 1. The first kappa shape index (κ1) is 12.6. The van der Waals surface area contributed by atoms with E-state index >= 15 is 0 Å². The highest BCUT2D eigenvalue weighted by atomic mass is 32.1. The molecule has 5 heteroatoms. The van der Waals surface area contributed by atoms with Gasteiger partial charge in [-0.1, -0.05) is 18.2 Å². The maximum atomic E-state index is 11.3. The smallest absolute Gasteiger partial charge is 0.346 e. The fraction of sp³-hybridized carbons (Fsp3) is 0.357. The number of fused-ring (bicyclic) bond motifs is 1. The highest BCUT2D eigenvalue weighted by Crippen LogP contribution is 2.32. The summed E-state index contributed by atoms with van der Waals surface area (Å²) in [6, 6.07) is 7.72. The molecule has 3 rings (SSSR count). The van der Waals surface area contributed by atoms with E-state index in [-0.39, 0.29) is 6.10 Å². The Morgan fingerprint density at radius 1 is 1.47 bits per heavy atom. The van der Waals surface area contributed by atoms with Crippen molar-refractivity contribution in [1.82, 2.24) is 0 Å². The van der Waals surface area contributed by atoms with Crippen LogP contribution < -0.4 is 0 Å². The lowest BCUT2D eigenvalue weighted by Crippen LogP contribution is -2.12. The summed E-state index contributed by atoms with van der Waals surface area (Å²) < 4.78 is 12.0. The van der Waals surface area contributed by atoms with Crippen molar-refractivity contribution in [2.45, 2.75) is 19.1 Å². The summed E-state index contributed by atoms with van der Waals surface area (Å²) in [7, 11) is 0. The molecule has 0 aliphatic carbocycles. The van der Waals surface area contributed by atoms with Gasteiger partial charge in [0.2, 0.25) is 0 Å². The maximum absolute atomic E-state index is 11.3. The van der Waals surface area contributed by atoms with Crippen LogP contribution in [0.4, 0.5) is 0 Å². The standard InChI is InChI=1S/C14H14O4S/c15-14(16)13-11(8-18-9-5-6-17-7-9)10-3-1-2-4-12(10)19-13/h1-4,9H,5-8H2,(H,15,16). The number of benzene rings is 1. The lowest BCUT2D eigenvalue weighted by molar-refractivity contribution is 0.0316. The minimum absolute atomic E-state index is 0.0836. The highest BCUT2D eigenvalue weighted by molar-refractivity contribution is 7.21. The van der Waals surface area contributed by atoms with Crippen molar-refractivity contribution < 1.29 is 19.4 Å². The molecule has 1 saturated heterocycles. The summed E-state index contributed by atoms with van der Waals surface area (Å²) >= 11 is 1.30. The molecule has 1 fully saturated rings. The topological polar surface area (TPSA) is 55.8 Å². The Labute approximate surface area is 114 Å². The zero-order valence-corrected chi connectivity index (χ0v) is 11.1. The summed E-state index contributed by atoms with van der Waals surface area (Å²) in [6.45, 7) is 1.66. The second kappa shape index (κ2) is 5.28. The average molecular weight is 278 g/mol. The molecule has 1 aliphatic rings. The summed E-state index contributed by atoms with van der Waals surface area (Å²) in [5.41, 5.74) is 0.778. The van der Waals surface area contributed by atoms with Crippen molar-refractivity contribution in [2.24, 2.45) is 0 Å². The van der Waals surface area contributed by atoms with E-state index in [2.05, 4.69) is 0 Å². The van der Waals surface area contributed by atoms with Gasteiger partial charge in [0.1, 0.15) is 4.88 Å². The van der Waals surface area contributed by atoms with E-state index in [0.717, 1.165) is 28.7 Å². The Balaban J connectivity index is 1.90. The molecule has 0 saturated carbocycles. The van der Waals surface area contributed by atoms with Crippen LogP contribution >= 0.6 is 11.3 Å². The average Bonchev–Trinajstić information content (AvgIpc) is 3.03. The third kappa shape index (κ3) is 2.49. The molecule has 1 aromatic heterocycles. The fourth-order valence-corrected chi connectivity index (χ4v) is 3.31. The second-order valence-corrected chi connectivity index (χ2v) is 5.56. The number of carboxylic acids is 1. The molecule has 2 aromatic rings. The van der Waals surface area contributed by atoms with Gasteiger partial charge in [-0.15, -0.1) is 11.3 Å². The van der Waals surface area contributed by atoms with Crippen LogP contribution in [-0.4, -0.2) is 30.4 Å². The second-order valence-electron chi connectivity index (χ2n) is 4.51. The molecule has 0 spiro atoms. The Kier molecular flexibility index (Phi) is 3.50. The molecular formula is C14H14O4S. The number of hydrogen-bond donors (Lipinski definition) is 1. The van der Waals surface area contributed by atoms with Gasteiger partial charge in [-0.3, -0.25) is 0 Å². The van der Waals surface area contributed by atoms with Crippen molar-refractivity contribution in [1.29, 1.82) is 0 Å². The minimum atomic E-state index is -0.887. The highest BCUT2D eigenvalue weighted by Gasteiger charge is 2.21. The monoisotopic (exact) mass is 278 g/mol. The SMILES string of the molecule is O=C(O)c1sc2ccccc2c1COC1CCOC1. The zero-order valence-electron chi connectivity index (χ0n) is 10.3. The van der Waals surface area contributed by atoms with Gasteiger partial charge in [0.15, 0.2) is 0 Å². The van der Waals surface area contributed by atoms with Crippen LogP contribution in [0.2, 0.25) is 0 Å². The van der Waals surface area contributed by atoms with E-state index in [1.807, 2.05) is 24.3 Å². The Morgan fingerprint density at radius 3 is 3.05 bits per heavy atom. The molecule has 0 radical (unpaired) electrons. The molecule has 0 bridgehead atoms. The molecule has 19 heavy (non-hydrogen) atoms. The lowest BCUT2D eigenvalue weighted by atomic mass is 10.1. The van der Waals surface area contributed by atoms with Crippen LogP contribution in [0.25, 0.3) is 10.1 Å². The van der Waals surface area contributed by atoms with E-state index in [1.54, 1.807) is 0 Å². The first-order valence-electron chi connectivity index (χ1n) is 6.19. The molecule has 1 atom stereocenters. The summed E-state index contributed by atoms with van der Waals surface area (Å²) in [6.07, 6.45) is 0.963. The molecule has 1 aliphatic heterocycles. The van der Waals surface area contributed by atoms with Gasteiger partial charge in [-0.05, 0) is 17.9 Å². The van der Waals surface area contributed by atoms with E-state index in [9.17, 15) is 9.90 Å². The van der Waals surface area contributed by atoms with Crippen molar-refractivity contribution in [3.63, 3.8) is 0 Å². The Hall–Kier alpha value is -1.43. The molecule has 2 heterocycles. The maximum Gasteiger partial charge on any atom is 0.346 e. The molecule has 1 N–H and O–H groups in total. The van der Waals surface area contributed by atoms with E-state index in [1.165, 1.54) is 11.3 Å². The van der Waals surface area contributed by atoms with Crippen LogP contribution in [0.1, 0.15) is 21.7 Å². The van der Waals surface area contributed by atoms with E-state index < -0.39 is 5.97 Å². The Morgan fingerprint density at radius 2 is 2.32 bits per heavy atom. The summed E-state index contributed by atoms with van der Waals surface area (Å²) in [4.78, 5) is 11.7. The summed E-state index contributed by atoms with van der Waals surface area (Å²) in [5.74, 6) is -0.887. The largest absolute Gasteiger partial charge is 0.477 e. The van der Waals surface area contributed by atoms with Gasteiger partial charge in [0, 0.05) is 16.9 Å². The third-order valence-corrected chi connectivity index (χ3v) is 4.44. The quantitative estimate of drug-likeness (QED) is 0.934. The predicted molar refractivity (Wildman–Crippen MR) is 72.8 cm³/mol. The van der Waals surface area contributed by atoms with Crippen LogP contribution in [0.3, 0.4) is 0 Å². The number of ether oxygens (including phenoxy) is 2. The minimum Gasteiger partial charge on any atom is -0.477 e. The van der Waals surface area contributed by atoms with Gasteiger partial charge < -0.3 is 14.6 Å². The molecule has 100 valence electrons. The van der Waals surface area contributed by atoms with Crippen molar-refractivity contribution in [3.05, 3.63) is 34.7 Å². The van der Waals surface area contributed by atoms with Crippen LogP contribution in [0.15, 0.2) is 24.3 Å². The first-order chi connectivity index (χ1) is 9.25. The fourth-order valence-electron chi connectivity index (χ4n) is 2.26. The Bertz CT molecular complexity index is 599. The number of carboxylic acid groups (broad SMARTS) is 1. The van der Waals surface area contributed by atoms with Gasteiger partial charge in [0.25, 0.3) is 0 Å². The van der Waals surface area contributed by atoms with Crippen LogP contribution in [-0.2, 0) is 16.1 Å². The lowest BCUT2D eigenvalue weighted by Gasteiger charge is -2.09. The van der Waals surface area contributed by atoms with Crippen molar-refractivity contribution >= 4 is 27.4 Å². The molecule has 1 aromatic carbocycles. The number of carbonyl (C=O) groups is 1. The van der Waals surface area contributed by atoms with Gasteiger partial charge in [0.05, 0.1) is 19.3 Å². The number of hydrogen-bond acceptors (Lipinski definition) is 4. The van der Waals surface area contributed by atoms with Gasteiger partial charge in [-0.2, -0.15) is 0 Å². The summed E-state index contributed by atoms with van der Waals surface area (Å²) in [5, 5.41) is 10.3. The first-order valence-corrected chi connectivity index (χ1v) is 7.00. The van der Waals surface area contributed by atoms with Crippen LogP contribution in [0.5, 0.6) is 0 Å². The normalized spacial score (nSPS) is 19.1. The third-order valence-electron chi connectivity index (χ3n) is 3.24. The van der Waals surface area contributed by atoms with Gasteiger partial charge in [-0.25, -0.2) is 4.79 Å². The molecule has 1 unspecified atom stereocenters. The van der Waals surface area contributed by atoms with E-state index in [0.29, 0.717) is 18.1 Å². The van der Waals surface area contributed by atoms with Crippen molar-refractivity contribution in [3.8, 4) is 0 Å². The predicted octanol–water partition coefficient (Wildman–Crippen LogP) is 2.91. The number of rotatable bonds is 4. The van der Waals surface area contributed by atoms with Gasteiger partial charge >= 0.3 is 5.97 Å². The molecule has 0 amide bonds. The molecule has 4 nitrogen and oxygen atoms in total.